The van der Waals surface area contributed by atoms with E-state index in [9.17, 15) is 9.59 Å². The van der Waals surface area contributed by atoms with E-state index in [1.54, 1.807) is 19.2 Å². The highest BCUT2D eigenvalue weighted by Crippen LogP contribution is 2.40. The molecule has 1 fully saturated rings. The van der Waals surface area contributed by atoms with Crippen LogP contribution in [0.2, 0.25) is 0 Å². The predicted octanol–water partition coefficient (Wildman–Crippen LogP) is 4.74. The first-order valence-electron chi connectivity index (χ1n) is 11.6. The van der Waals surface area contributed by atoms with E-state index in [2.05, 4.69) is 18.7 Å². The van der Waals surface area contributed by atoms with E-state index in [4.69, 9.17) is 9.47 Å². The molecule has 0 aliphatic carbocycles. The minimum absolute atomic E-state index is 0.0868. The number of piperidine rings is 1. The minimum atomic E-state index is -0.328. The highest BCUT2D eigenvalue weighted by molar-refractivity contribution is 6.45. The predicted molar refractivity (Wildman–Crippen MR) is 129 cm³/mol. The lowest BCUT2D eigenvalue weighted by atomic mass is 9.91. The first-order valence-corrected chi connectivity index (χ1v) is 11.6. The van der Waals surface area contributed by atoms with E-state index in [0.29, 0.717) is 45.9 Å². The van der Waals surface area contributed by atoms with Crippen LogP contribution >= 0.6 is 0 Å². The second kappa shape index (κ2) is 9.30. The number of likely N-dealkylation sites (tertiary alicyclic amines) is 1. The number of benzene rings is 2. The van der Waals surface area contributed by atoms with E-state index in [0.717, 1.165) is 19.5 Å². The van der Waals surface area contributed by atoms with Crippen LogP contribution in [0, 0.1) is 11.8 Å². The van der Waals surface area contributed by atoms with Crippen molar-refractivity contribution in [1.82, 2.24) is 4.90 Å². The lowest BCUT2D eigenvalue weighted by Crippen LogP contribution is -2.42. The van der Waals surface area contributed by atoms with Gasteiger partial charge in [-0.2, -0.15) is 0 Å². The van der Waals surface area contributed by atoms with Crippen LogP contribution in [0.15, 0.2) is 54.2 Å². The summed E-state index contributed by atoms with van der Waals surface area (Å²) in [5.74, 6) is 1.46. The highest BCUT2D eigenvalue weighted by Gasteiger charge is 2.44. The Hall–Kier alpha value is -3.28. The zero-order valence-electron chi connectivity index (χ0n) is 20.0. The maximum absolute atomic E-state index is 13.9. The number of hydrogen-bond donors (Lipinski definition) is 0. The monoisotopic (exact) mass is 448 g/mol. The number of carbonyl (C=O) groups is 2. The third-order valence-corrected chi connectivity index (χ3v) is 6.09. The number of methoxy groups -OCH3 is 1. The summed E-state index contributed by atoms with van der Waals surface area (Å²) in [5, 5.41) is 0. The Labute approximate surface area is 195 Å². The van der Waals surface area contributed by atoms with Crippen LogP contribution in [-0.4, -0.2) is 43.0 Å². The average Bonchev–Trinajstić information content (AvgIpc) is 3.03. The number of amides is 2. The Morgan fingerprint density at radius 3 is 2.15 bits per heavy atom. The molecule has 2 atom stereocenters. The van der Waals surface area contributed by atoms with Crippen molar-refractivity contribution in [3.63, 3.8) is 0 Å². The van der Waals surface area contributed by atoms with E-state index < -0.39 is 0 Å². The van der Waals surface area contributed by atoms with Crippen LogP contribution in [0.3, 0.4) is 0 Å². The van der Waals surface area contributed by atoms with E-state index in [-0.39, 0.29) is 17.9 Å². The van der Waals surface area contributed by atoms with Gasteiger partial charge in [-0.15, -0.1) is 0 Å². The summed E-state index contributed by atoms with van der Waals surface area (Å²) in [6.45, 7) is 9.73. The van der Waals surface area contributed by atoms with Crippen LogP contribution in [0.25, 0.3) is 5.57 Å². The van der Waals surface area contributed by atoms with Crippen molar-refractivity contribution in [2.75, 3.05) is 25.1 Å². The lowest BCUT2D eigenvalue weighted by Gasteiger charge is -2.37. The molecule has 174 valence electrons. The van der Waals surface area contributed by atoms with Crippen molar-refractivity contribution in [2.45, 2.75) is 40.2 Å². The Balaban J connectivity index is 1.83. The molecule has 0 radical (unpaired) electrons. The number of rotatable bonds is 6. The molecule has 2 unspecified atom stereocenters. The van der Waals surface area contributed by atoms with Gasteiger partial charge in [0, 0.05) is 13.1 Å². The molecule has 2 aromatic rings. The van der Waals surface area contributed by atoms with Gasteiger partial charge in [-0.25, -0.2) is 4.90 Å². The second-order valence-electron chi connectivity index (χ2n) is 9.38. The van der Waals surface area contributed by atoms with Gasteiger partial charge in [0.1, 0.15) is 17.2 Å². The maximum Gasteiger partial charge on any atom is 0.282 e. The molecule has 2 aromatic carbocycles. The number of anilines is 1. The van der Waals surface area contributed by atoms with Crippen molar-refractivity contribution in [3.05, 3.63) is 59.8 Å². The summed E-state index contributed by atoms with van der Waals surface area (Å²) in [4.78, 5) is 31.1. The summed E-state index contributed by atoms with van der Waals surface area (Å²) in [6.07, 6.45) is 1.02. The molecule has 0 N–H and O–H groups in total. The van der Waals surface area contributed by atoms with Gasteiger partial charge in [0.2, 0.25) is 0 Å². The van der Waals surface area contributed by atoms with Gasteiger partial charge in [0.25, 0.3) is 11.8 Å². The molecule has 0 spiro atoms. The molecule has 2 amide bonds. The van der Waals surface area contributed by atoms with Crippen molar-refractivity contribution < 1.29 is 19.1 Å². The van der Waals surface area contributed by atoms with Crippen molar-refractivity contribution in [2.24, 2.45) is 11.8 Å². The molecule has 0 saturated carbocycles. The fourth-order valence-electron chi connectivity index (χ4n) is 4.89. The molecule has 2 aliphatic heterocycles. The second-order valence-corrected chi connectivity index (χ2v) is 9.38. The van der Waals surface area contributed by atoms with E-state index >= 15 is 0 Å². The highest BCUT2D eigenvalue weighted by atomic mass is 16.5. The van der Waals surface area contributed by atoms with Gasteiger partial charge in [0.05, 0.1) is 24.5 Å². The summed E-state index contributed by atoms with van der Waals surface area (Å²) in [6, 6.07) is 14.6. The van der Waals surface area contributed by atoms with Gasteiger partial charge >= 0.3 is 0 Å². The number of carbonyl (C=O) groups excluding carboxylic acids is 2. The summed E-state index contributed by atoms with van der Waals surface area (Å²) in [7, 11) is 1.61. The molecule has 2 aliphatic rings. The number of hydrogen-bond acceptors (Lipinski definition) is 5. The SMILES string of the molecule is COc1ccc(C2=C(N3CC(C)CC(C)C3)C(=O)N(c3ccccc3OC(C)C)C2=O)cc1. The number of para-hydroxylation sites is 2. The third kappa shape index (κ3) is 4.47. The van der Waals surface area contributed by atoms with Gasteiger partial charge in [-0.05, 0) is 61.9 Å². The molecule has 6 heteroatoms. The summed E-state index contributed by atoms with van der Waals surface area (Å²) in [5.41, 5.74) is 2.09. The molecule has 0 bridgehead atoms. The van der Waals surface area contributed by atoms with Gasteiger partial charge in [-0.3, -0.25) is 9.59 Å². The van der Waals surface area contributed by atoms with Crippen LogP contribution in [-0.2, 0) is 9.59 Å². The summed E-state index contributed by atoms with van der Waals surface area (Å²) >= 11 is 0. The van der Waals surface area contributed by atoms with Crippen LogP contribution in [0.5, 0.6) is 11.5 Å². The maximum atomic E-state index is 13.9. The third-order valence-electron chi connectivity index (χ3n) is 6.09. The van der Waals surface area contributed by atoms with Crippen LogP contribution in [0.4, 0.5) is 5.69 Å². The number of ether oxygens (including phenoxy) is 2. The molecular weight excluding hydrogens is 416 g/mol. The Bertz CT molecular complexity index is 1060. The zero-order chi connectivity index (χ0) is 23.7. The fraction of sp³-hybridized carbons (Fsp3) is 0.407. The largest absolute Gasteiger partial charge is 0.497 e. The molecule has 2 heterocycles. The molecule has 6 nitrogen and oxygen atoms in total. The average molecular weight is 449 g/mol. The zero-order valence-corrected chi connectivity index (χ0v) is 20.0. The number of imide groups is 1. The van der Waals surface area contributed by atoms with Gasteiger partial charge < -0.3 is 14.4 Å². The Kier molecular flexibility index (Phi) is 6.45. The first kappa shape index (κ1) is 22.9. The van der Waals surface area contributed by atoms with Gasteiger partial charge in [-0.1, -0.05) is 38.1 Å². The molecular formula is C27H32N2O4. The molecule has 1 saturated heterocycles. The van der Waals surface area contributed by atoms with E-state index in [1.807, 2.05) is 50.2 Å². The van der Waals surface area contributed by atoms with E-state index in [1.165, 1.54) is 4.90 Å². The van der Waals surface area contributed by atoms with Crippen LogP contribution in [0.1, 0.15) is 39.7 Å². The molecule has 4 rings (SSSR count). The summed E-state index contributed by atoms with van der Waals surface area (Å²) < 4.78 is 11.2. The fourth-order valence-corrected chi connectivity index (χ4v) is 4.89. The van der Waals surface area contributed by atoms with Crippen LogP contribution < -0.4 is 14.4 Å². The normalized spacial score (nSPS) is 21.3. The minimum Gasteiger partial charge on any atom is -0.497 e. The van der Waals surface area contributed by atoms with Crippen molar-refractivity contribution >= 4 is 23.1 Å². The topological polar surface area (TPSA) is 59.1 Å². The van der Waals surface area contributed by atoms with Gasteiger partial charge in [0.15, 0.2) is 0 Å². The van der Waals surface area contributed by atoms with Crippen molar-refractivity contribution in [3.8, 4) is 11.5 Å². The van der Waals surface area contributed by atoms with Crippen molar-refractivity contribution in [1.29, 1.82) is 0 Å². The molecule has 33 heavy (non-hydrogen) atoms. The standard InChI is InChI=1S/C27H32N2O4/c1-17(2)33-23-9-7-6-8-22(23)29-26(30)24(20-10-12-21(32-5)13-11-20)25(27(29)31)28-15-18(3)14-19(4)16-28/h6-13,17-19H,14-16H2,1-5H3. The number of nitrogens with zero attached hydrogens (tertiary/aromatic N) is 2. The smallest absolute Gasteiger partial charge is 0.282 e. The molecule has 0 aromatic heterocycles. The first-order chi connectivity index (χ1) is 15.8. The Morgan fingerprint density at radius 2 is 1.55 bits per heavy atom. The quantitative estimate of drug-likeness (QED) is 0.597. The Morgan fingerprint density at radius 1 is 0.909 bits per heavy atom. The lowest BCUT2D eigenvalue weighted by molar-refractivity contribution is -0.121.